The molecule has 18 heavy (non-hydrogen) atoms. The minimum atomic E-state index is 0.614. The molecule has 0 aromatic carbocycles. The Morgan fingerprint density at radius 1 is 1.06 bits per heavy atom. The van der Waals surface area contributed by atoms with E-state index in [4.69, 9.17) is 4.74 Å². The molecule has 0 aliphatic rings. The van der Waals surface area contributed by atoms with Crippen molar-refractivity contribution in [2.45, 2.75) is 65.5 Å². The molecule has 0 aromatic rings. The van der Waals surface area contributed by atoms with Crippen LogP contribution >= 0.6 is 0 Å². The maximum Gasteiger partial charge on any atom is 0.0589 e. The molecule has 0 saturated carbocycles. The maximum absolute atomic E-state index is 5.19. The van der Waals surface area contributed by atoms with Gasteiger partial charge in [0.25, 0.3) is 0 Å². The van der Waals surface area contributed by atoms with Crippen LogP contribution in [0.2, 0.25) is 0 Å². The van der Waals surface area contributed by atoms with Gasteiger partial charge >= 0.3 is 0 Å². The van der Waals surface area contributed by atoms with Gasteiger partial charge in [-0.25, -0.2) is 0 Å². The summed E-state index contributed by atoms with van der Waals surface area (Å²) >= 11 is 0. The Labute approximate surface area is 114 Å². The van der Waals surface area contributed by atoms with Gasteiger partial charge in [-0.1, -0.05) is 27.2 Å². The third-order valence-corrected chi connectivity index (χ3v) is 3.47. The lowest BCUT2D eigenvalue weighted by molar-refractivity contribution is 0.121. The highest BCUT2D eigenvalue weighted by molar-refractivity contribution is 4.66. The number of nitrogens with zero attached hydrogens (tertiary/aromatic N) is 1. The first kappa shape index (κ1) is 17.9. The van der Waals surface area contributed by atoms with E-state index in [1.54, 1.807) is 7.11 Å². The van der Waals surface area contributed by atoms with Crippen LogP contribution in [-0.2, 0) is 4.74 Å². The van der Waals surface area contributed by atoms with Crippen LogP contribution in [0.1, 0.15) is 53.4 Å². The highest BCUT2D eigenvalue weighted by Gasteiger charge is 2.10. The molecule has 0 aliphatic heterocycles. The van der Waals surface area contributed by atoms with Gasteiger partial charge in [0.1, 0.15) is 0 Å². The topological polar surface area (TPSA) is 24.5 Å². The Morgan fingerprint density at radius 2 is 1.78 bits per heavy atom. The van der Waals surface area contributed by atoms with Crippen LogP contribution in [0.4, 0.5) is 0 Å². The maximum atomic E-state index is 5.19. The molecule has 3 nitrogen and oxygen atoms in total. The Hall–Kier alpha value is -0.120. The van der Waals surface area contributed by atoms with Crippen LogP contribution in [0, 0.1) is 0 Å². The van der Waals surface area contributed by atoms with Crippen molar-refractivity contribution in [1.82, 2.24) is 10.2 Å². The Balaban J connectivity index is 3.62. The van der Waals surface area contributed by atoms with E-state index in [9.17, 15) is 0 Å². The van der Waals surface area contributed by atoms with Crippen molar-refractivity contribution in [2.75, 3.05) is 33.4 Å². The van der Waals surface area contributed by atoms with Crippen LogP contribution in [0.25, 0.3) is 0 Å². The van der Waals surface area contributed by atoms with Gasteiger partial charge in [-0.2, -0.15) is 0 Å². The van der Waals surface area contributed by atoms with E-state index in [0.29, 0.717) is 12.1 Å². The number of hydrogen-bond donors (Lipinski definition) is 1. The summed E-state index contributed by atoms with van der Waals surface area (Å²) in [6.07, 6.45) is 5.13. The summed E-state index contributed by atoms with van der Waals surface area (Å²) in [5.74, 6) is 0. The molecular formula is C15H34N2O. The van der Waals surface area contributed by atoms with Crippen LogP contribution in [0.15, 0.2) is 0 Å². The van der Waals surface area contributed by atoms with Crippen LogP contribution in [0.5, 0.6) is 0 Å². The molecule has 0 aromatic heterocycles. The van der Waals surface area contributed by atoms with Gasteiger partial charge in [0, 0.05) is 25.7 Å². The second-order valence-electron chi connectivity index (χ2n) is 5.46. The third kappa shape index (κ3) is 9.86. The molecule has 0 amide bonds. The van der Waals surface area contributed by atoms with Crippen molar-refractivity contribution in [1.29, 1.82) is 0 Å². The van der Waals surface area contributed by atoms with E-state index in [-0.39, 0.29) is 0 Å². The Bertz CT molecular complexity index is 174. The summed E-state index contributed by atoms with van der Waals surface area (Å²) in [5, 5.41) is 3.47. The summed E-state index contributed by atoms with van der Waals surface area (Å²) in [6.45, 7) is 13.3. The monoisotopic (exact) mass is 258 g/mol. The summed E-state index contributed by atoms with van der Waals surface area (Å²) in [5.41, 5.74) is 0. The van der Waals surface area contributed by atoms with E-state index in [1.807, 2.05) is 0 Å². The van der Waals surface area contributed by atoms with Crippen molar-refractivity contribution in [3.8, 4) is 0 Å². The summed E-state index contributed by atoms with van der Waals surface area (Å²) in [7, 11) is 1.78. The smallest absolute Gasteiger partial charge is 0.0589 e. The summed E-state index contributed by atoms with van der Waals surface area (Å²) in [4.78, 5) is 2.55. The van der Waals surface area contributed by atoms with E-state index in [0.717, 1.165) is 19.7 Å². The number of ether oxygens (including phenoxy) is 1. The molecule has 0 heterocycles. The standard InChI is InChI=1S/C15H34N2O/c1-6-15(4)17(12-13-18-5)11-9-7-8-10-16-14(2)3/h14-16H,6-13H2,1-5H3. The van der Waals surface area contributed by atoms with Gasteiger partial charge in [-0.05, 0) is 39.3 Å². The number of nitrogens with one attached hydrogen (secondary N) is 1. The quantitative estimate of drug-likeness (QED) is 0.545. The first-order valence-electron chi connectivity index (χ1n) is 7.58. The Morgan fingerprint density at radius 3 is 2.33 bits per heavy atom. The molecule has 0 fully saturated rings. The van der Waals surface area contributed by atoms with Gasteiger partial charge in [-0.3, -0.25) is 4.90 Å². The number of hydrogen-bond acceptors (Lipinski definition) is 3. The molecule has 0 spiro atoms. The zero-order chi connectivity index (χ0) is 13.8. The van der Waals surface area contributed by atoms with Crippen molar-refractivity contribution in [3.63, 3.8) is 0 Å². The molecule has 0 radical (unpaired) electrons. The number of rotatable bonds is 12. The first-order chi connectivity index (χ1) is 8.61. The molecule has 1 atom stereocenters. The predicted octanol–water partition coefficient (Wildman–Crippen LogP) is 2.90. The minimum absolute atomic E-state index is 0.614. The van der Waals surface area contributed by atoms with Crippen LogP contribution in [-0.4, -0.2) is 50.3 Å². The zero-order valence-electron chi connectivity index (χ0n) is 13.2. The van der Waals surface area contributed by atoms with E-state index in [2.05, 4.69) is 37.9 Å². The van der Waals surface area contributed by atoms with Gasteiger partial charge in [0.15, 0.2) is 0 Å². The second kappa shape index (κ2) is 11.9. The van der Waals surface area contributed by atoms with E-state index in [1.165, 1.54) is 32.2 Å². The summed E-state index contributed by atoms with van der Waals surface area (Å²) in [6, 6.07) is 1.29. The average molecular weight is 258 g/mol. The van der Waals surface area contributed by atoms with Gasteiger partial charge in [0.05, 0.1) is 6.61 Å². The number of methoxy groups -OCH3 is 1. The van der Waals surface area contributed by atoms with E-state index < -0.39 is 0 Å². The van der Waals surface area contributed by atoms with Crippen molar-refractivity contribution in [3.05, 3.63) is 0 Å². The van der Waals surface area contributed by atoms with Gasteiger partial charge in [0.2, 0.25) is 0 Å². The molecule has 0 bridgehead atoms. The molecule has 0 aliphatic carbocycles. The molecule has 1 unspecified atom stereocenters. The van der Waals surface area contributed by atoms with Gasteiger partial charge in [-0.15, -0.1) is 0 Å². The summed E-state index contributed by atoms with van der Waals surface area (Å²) < 4.78 is 5.19. The zero-order valence-corrected chi connectivity index (χ0v) is 13.2. The SMILES string of the molecule is CCC(C)N(CCCCCNC(C)C)CCOC. The Kier molecular flexibility index (Phi) is 11.9. The molecule has 110 valence electrons. The molecular weight excluding hydrogens is 224 g/mol. The lowest BCUT2D eigenvalue weighted by Gasteiger charge is -2.28. The fraction of sp³-hybridized carbons (Fsp3) is 1.00. The van der Waals surface area contributed by atoms with Crippen LogP contribution in [0.3, 0.4) is 0 Å². The van der Waals surface area contributed by atoms with Crippen molar-refractivity contribution >= 4 is 0 Å². The molecule has 3 heteroatoms. The molecule has 1 N–H and O–H groups in total. The van der Waals surface area contributed by atoms with Crippen LogP contribution < -0.4 is 5.32 Å². The predicted molar refractivity (Wildman–Crippen MR) is 80.2 cm³/mol. The third-order valence-electron chi connectivity index (χ3n) is 3.47. The highest BCUT2D eigenvalue weighted by Crippen LogP contribution is 2.06. The minimum Gasteiger partial charge on any atom is -0.383 e. The lowest BCUT2D eigenvalue weighted by Crippen LogP contribution is -2.36. The second-order valence-corrected chi connectivity index (χ2v) is 5.46. The lowest BCUT2D eigenvalue weighted by atomic mass is 10.1. The van der Waals surface area contributed by atoms with E-state index >= 15 is 0 Å². The fourth-order valence-electron chi connectivity index (χ4n) is 2.03. The first-order valence-corrected chi connectivity index (χ1v) is 7.58. The normalized spacial score (nSPS) is 13.5. The van der Waals surface area contributed by atoms with Gasteiger partial charge < -0.3 is 10.1 Å². The molecule has 0 saturated heterocycles. The average Bonchev–Trinajstić information content (AvgIpc) is 2.35. The van der Waals surface area contributed by atoms with Crippen molar-refractivity contribution in [2.24, 2.45) is 0 Å². The largest absolute Gasteiger partial charge is 0.383 e. The fourth-order valence-corrected chi connectivity index (χ4v) is 2.03. The number of unbranched alkanes of at least 4 members (excludes halogenated alkanes) is 2. The van der Waals surface area contributed by atoms with Crippen molar-refractivity contribution < 1.29 is 4.74 Å². The highest BCUT2D eigenvalue weighted by atomic mass is 16.5. The molecule has 0 rings (SSSR count).